The van der Waals surface area contributed by atoms with Gasteiger partial charge in [0, 0.05) is 25.7 Å². The van der Waals surface area contributed by atoms with Crippen LogP contribution in [0.5, 0.6) is 5.75 Å². The van der Waals surface area contributed by atoms with Gasteiger partial charge in [-0.3, -0.25) is 9.59 Å². The van der Waals surface area contributed by atoms with Crippen LogP contribution in [0.3, 0.4) is 0 Å². The van der Waals surface area contributed by atoms with E-state index < -0.39 is 0 Å². The molecule has 3 heterocycles. The minimum Gasteiger partial charge on any atom is -0.497 e. The molecule has 5 rings (SSSR count). The highest BCUT2D eigenvalue weighted by Crippen LogP contribution is 2.27. The average molecular weight is 475 g/mol. The third kappa shape index (κ3) is 4.41. The van der Waals surface area contributed by atoms with Gasteiger partial charge in [-0.15, -0.1) is 11.3 Å². The lowest BCUT2D eigenvalue weighted by atomic mass is 9.97. The van der Waals surface area contributed by atoms with Crippen LogP contribution < -0.4 is 20.5 Å². The largest absolute Gasteiger partial charge is 0.497 e. The van der Waals surface area contributed by atoms with Crippen molar-refractivity contribution in [3.8, 4) is 11.4 Å². The lowest BCUT2D eigenvalue weighted by Gasteiger charge is -2.34. The number of ether oxygens (including phenoxy) is 1. The van der Waals surface area contributed by atoms with Gasteiger partial charge < -0.3 is 15.0 Å². The summed E-state index contributed by atoms with van der Waals surface area (Å²) in [5, 5.41) is 4.95. The lowest BCUT2D eigenvalue weighted by Crippen LogP contribution is -2.45. The molecule has 0 bridgehead atoms. The van der Waals surface area contributed by atoms with Crippen LogP contribution in [0.2, 0.25) is 0 Å². The number of nitrogens with zero attached hydrogens (tertiary/aromatic N) is 3. The minimum atomic E-state index is -0.175. The van der Waals surface area contributed by atoms with E-state index in [-0.39, 0.29) is 17.4 Å². The number of hydrogen-bond donors (Lipinski definition) is 1. The molecule has 1 atom stereocenters. The highest BCUT2D eigenvalue weighted by molar-refractivity contribution is 7.17. The molecular formula is C26H26N4O3S. The number of piperidine rings is 1. The van der Waals surface area contributed by atoms with Crippen LogP contribution in [0.15, 0.2) is 70.8 Å². The van der Waals surface area contributed by atoms with E-state index in [4.69, 9.17) is 9.72 Å². The predicted octanol–water partition coefficient (Wildman–Crippen LogP) is 3.99. The molecule has 4 aromatic rings. The number of fused-ring (bicyclic) bond motifs is 1. The van der Waals surface area contributed by atoms with Gasteiger partial charge in [-0.2, -0.15) is 0 Å². The summed E-state index contributed by atoms with van der Waals surface area (Å²) in [6, 6.07) is 19.2. The number of nitrogens with one attached hydrogen (secondary N) is 1. The average Bonchev–Trinajstić information content (AvgIpc) is 3.37. The van der Waals surface area contributed by atoms with E-state index in [2.05, 4.69) is 10.2 Å². The van der Waals surface area contributed by atoms with Crippen molar-refractivity contribution >= 4 is 33.4 Å². The smallest absolute Gasteiger partial charge is 0.277 e. The van der Waals surface area contributed by atoms with Gasteiger partial charge in [-0.05, 0) is 42.0 Å². The molecule has 7 nitrogen and oxygen atoms in total. The summed E-state index contributed by atoms with van der Waals surface area (Å²) in [5.41, 5.74) is 2.33. The van der Waals surface area contributed by atoms with Crippen LogP contribution in [0, 0.1) is 5.92 Å². The maximum Gasteiger partial charge on any atom is 0.277 e. The number of carbonyl (C=O) groups excluding carboxylic acids is 1. The van der Waals surface area contributed by atoms with E-state index >= 15 is 0 Å². The molecule has 1 fully saturated rings. The zero-order valence-electron chi connectivity index (χ0n) is 18.9. The van der Waals surface area contributed by atoms with Crippen molar-refractivity contribution in [3.05, 3.63) is 82.0 Å². The van der Waals surface area contributed by atoms with Crippen molar-refractivity contribution in [2.45, 2.75) is 19.4 Å². The molecule has 0 radical (unpaired) electrons. The Labute approximate surface area is 201 Å². The van der Waals surface area contributed by atoms with Gasteiger partial charge in [0.1, 0.15) is 10.4 Å². The first kappa shape index (κ1) is 22.2. The maximum absolute atomic E-state index is 13.5. The summed E-state index contributed by atoms with van der Waals surface area (Å²) in [6.45, 7) is 1.74. The van der Waals surface area contributed by atoms with E-state index in [1.54, 1.807) is 11.7 Å². The maximum atomic E-state index is 13.5. The number of hydrogen-bond acceptors (Lipinski definition) is 6. The Morgan fingerprint density at radius 2 is 2.03 bits per heavy atom. The second-order valence-electron chi connectivity index (χ2n) is 8.38. The summed E-state index contributed by atoms with van der Waals surface area (Å²) in [6.07, 6.45) is 1.65. The molecule has 2 aromatic heterocycles. The van der Waals surface area contributed by atoms with Gasteiger partial charge in [0.15, 0.2) is 0 Å². The summed E-state index contributed by atoms with van der Waals surface area (Å²) < 4.78 is 7.64. The number of benzene rings is 2. The molecule has 174 valence electrons. The molecule has 8 heteroatoms. The molecule has 1 aliphatic heterocycles. The Kier molecular flexibility index (Phi) is 6.31. The molecule has 2 aromatic carbocycles. The minimum absolute atomic E-state index is 0.0282. The normalized spacial score (nSPS) is 15.9. The van der Waals surface area contributed by atoms with E-state index in [0.717, 1.165) is 24.9 Å². The standard InChI is InChI=1S/C26H26N4O3S/c1-33-21-11-5-10-20(15-21)30-25(32)23-22(12-14-34-23)28-26(30)29-13-6-9-19(17-29)24(31)27-16-18-7-3-2-4-8-18/h2-5,7-8,10-12,14-15,19H,6,9,13,16-17H2,1H3,(H,27,31). The molecule has 1 unspecified atom stereocenters. The molecule has 1 saturated heterocycles. The molecular weight excluding hydrogens is 448 g/mol. The third-order valence-electron chi connectivity index (χ3n) is 6.16. The van der Waals surface area contributed by atoms with Gasteiger partial charge in [0.2, 0.25) is 11.9 Å². The molecule has 1 amide bonds. The first-order valence-electron chi connectivity index (χ1n) is 11.4. The molecule has 1 N–H and O–H groups in total. The monoisotopic (exact) mass is 474 g/mol. The molecule has 0 spiro atoms. The fourth-order valence-electron chi connectivity index (χ4n) is 4.40. The third-order valence-corrected chi connectivity index (χ3v) is 7.05. The Bertz CT molecular complexity index is 1370. The van der Waals surface area contributed by atoms with Gasteiger partial charge in [-0.1, -0.05) is 36.4 Å². The Morgan fingerprint density at radius 1 is 1.18 bits per heavy atom. The Balaban J connectivity index is 1.46. The summed E-state index contributed by atoms with van der Waals surface area (Å²) in [7, 11) is 1.60. The second-order valence-corrected chi connectivity index (χ2v) is 9.29. The van der Waals surface area contributed by atoms with Crippen molar-refractivity contribution in [2.75, 3.05) is 25.1 Å². The topological polar surface area (TPSA) is 76.5 Å². The van der Waals surface area contributed by atoms with Gasteiger partial charge in [0.25, 0.3) is 5.56 Å². The molecule has 1 aliphatic rings. The first-order valence-corrected chi connectivity index (χ1v) is 12.2. The number of carbonyl (C=O) groups is 1. The zero-order chi connectivity index (χ0) is 23.5. The summed E-state index contributed by atoms with van der Waals surface area (Å²) in [4.78, 5) is 33.4. The number of anilines is 1. The number of methoxy groups -OCH3 is 1. The van der Waals surface area contributed by atoms with Crippen LogP contribution in [0.25, 0.3) is 15.9 Å². The fourth-order valence-corrected chi connectivity index (χ4v) is 5.16. The number of thiophene rings is 1. The van der Waals surface area contributed by atoms with Crippen LogP contribution in [0.1, 0.15) is 18.4 Å². The van der Waals surface area contributed by atoms with Crippen molar-refractivity contribution in [1.29, 1.82) is 0 Å². The number of aromatic nitrogens is 2. The quantitative estimate of drug-likeness (QED) is 0.457. The highest BCUT2D eigenvalue weighted by Gasteiger charge is 2.29. The summed E-state index contributed by atoms with van der Waals surface area (Å²) >= 11 is 1.39. The predicted molar refractivity (Wildman–Crippen MR) is 135 cm³/mol. The fraction of sp³-hybridized carbons (Fsp3) is 0.269. The first-order chi connectivity index (χ1) is 16.6. The van der Waals surface area contributed by atoms with E-state index in [1.165, 1.54) is 11.3 Å². The second kappa shape index (κ2) is 9.69. The molecule has 0 saturated carbocycles. The van der Waals surface area contributed by atoms with Crippen molar-refractivity contribution in [2.24, 2.45) is 5.92 Å². The SMILES string of the molecule is COc1cccc(-n2c(N3CCCC(C(=O)NCc4ccccc4)C3)nc3ccsc3c2=O)c1. The van der Waals surface area contributed by atoms with E-state index in [9.17, 15) is 9.59 Å². The van der Waals surface area contributed by atoms with Crippen molar-refractivity contribution < 1.29 is 9.53 Å². The molecule has 0 aliphatic carbocycles. The number of rotatable bonds is 6. The number of amides is 1. The van der Waals surface area contributed by atoms with Gasteiger partial charge in [0.05, 0.1) is 24.2 Å². The zero-order valence-corrected chi connectivity index (χ0v) is 19.8. The highest BCUT2D eigenvalue weighted by atomic mass is 32.1. The lowest BCUT2D eigenvalue weighted by molar-refractivity contribution is -0.125. The van der Waals surface area contributed by atoms with Crippen LogP contribution >= 0.6 is 11.3 Å². The van der Waals surface area contributed by atoms with Crippen molar-refractivity contribution in [3.63, 3.8) is 0 Å². The Hall–Kier alpha value is -3.65. The van der Waals surface area contributed by atoms with Crippen LogP contribution in [0.4, 0.5) is 5.95 Å². The Morgan fingerprint density at radius 3 is 2.85 bits per heavy atom. The van der Waals surface area contributed by atoms with Crippen molar-refractivity contribution in [1.82, 2.24) is 14.9 Å². The van der Waals surface area contributed by atoms with Crippen LogP contribution in [-0.4, -0.2) is 35.7 Å². The van der Waals surface area contributed by atoms with Gasteiger partial charge >= 0.3 is 0 Å². The summed E-state index contributed by atoms with van der Waals surface area (Å²) in [5.74, 6) is 1.08. The van der Waals surface area contributed by atoms with E-state index in [1.807, 2.05) is 66.0 Å². The van der Waals surface area contributed by atoms with Crippen LogP contribution in [-0.2, 0) is 11.3 Å². The van der Waals surface area contributed by atoms with E-state index in [0.29, 0.717) is 40.7 Å². The molecule has 34 heavy (non-hydrogen) atoms. The van der Waals surface area contributed by atoms with Gasteiger partial charge in [-0.25, -0.2) is 9.55 Å².